The summed E-state index contributed by atoms with van der Waals surface area (Å²) in [5.74, 6) is 0. The molecule has 1 fully saturated rings. The Morgan fingerprint density at radius 1 is 0.946 bits per heavy atom. The number of hydrogen-bond acceptors (Lipinski definition) is 4. The van der Waals surface area contributed by atoms with Crippen LogP contribution in [-0.4, -0.2) is 50.3 Å². The normalized spacial score (nSPS) is 16.2. The van der Waals surface area contributed by atoms with Crippen LogP contribution in [0.2, 0.25) is 0 Å². The van der Waals surface area contributed by atoms with Crippen LogP contribution in [0.4, 0.5) is 0 Å². The first-order valence-electron chi connectivity index (χ1n) is 13.2. The van der Waals surface area contributed by atoms with Gasteiger partial charge in [0.25, 0.3) is 0 Å². The molecular formula is C32H33N5. The molecule has 0 bridgehead atoms. The second-order valence-corrected chi connectivity index (χ2v) is 10.0. The molecule has 186 valence electrons. The molecule has 37 heavy (non-hydrogen) atoms. The van der Waals surface area contributed by atoms with E-state index in [9.17, 15) is 0 Å². The Bertz CT molecular complexity index is 1470. The Morgan fingerprint density at radius 2 is 1.76 bits per heavy atom. The quantitative estimate of drug-likeness (QED) is 0.323. The summed E-state index contributed by atoms with van der Waals surface area (Å²) in [5, 5.41) is 0. The first kappa shape index (κ1) is 23.4. The van der Waals surface area contributed by atoms with Crippen LogP contribution in [0.3, 0.4) is 0 Å². The molecule has 6 rings (SSSR count). The second-order valence-electron chi connectivity index (χ2n) is 10.0. The third kappa shape index (κ3) is 4.87. The minimum Gasteiger partial charge on any atom is -0.369 e. The Labute approximate surface area is 219 Å². The molecule has 0 unspecified atom stereocenters. The summed E-state index contributed by atoms with van der Waals surface area (Å²) in [5.41, 5.74) is 10.5. The van der Waals surface area contributed by atoms with Crippen molar-refractivity contribution in [1.82, 2.24) is 24.2 Å². The highest BCUT2D eigenvalue weighted by molar-refractivity contribution is 5.76. The lowest BCUT2D eigenvalue weighted by Crippen LogP contribution is -2.45. The van der Waals surface area contributed by atoms with E-state index < -0.39 is 0 Å². The number of pyridine rings is 2. The molecule has 1 saturated heterocycles. The monoisotopic (exact) mass is 487 g/mol. The smallest absolute Gasteiger partial charge is 0.137 e. The van der Waals surface area contributed by atoms with E-state index in [1.807, 2.05) is 18.5 Å². The van der Waals surface area contributed by atoms with Gasteiger partial charge in [-0.3, -0.25) is 9.88 Å². The third-order valence-corrected chi connectivity index (χ3v) is 7.49. The maximum atomic E-state index is 5.11. The van der Waals surface area contributed by atoms with Crippen LogP contribution < -0.4 is 0 Å². The van der Waals surface area contributed by atoms with Gasteiger partial charge in [0.1, 0.15) is 5.65 Å². The Hall–Kier alpha value is -3.96. The molecule has 4 heterocycles. The molecule has 2 aliphatic rings. The van der Waals surface area contributed by atoms with E-state index in [4.69, 9.17) is 4.98 Å². The summed E-state index contributed by atoms with van der Waals surface area (Å²) in [6.45, 7) is 11.2. The first-order chi connectivity index (χ1) is 18.2. The summed E-state index contributed by atoms with van der Waals surface area (Å²) in [6.07, 6.45) is 15.1. The van der Waals surface area contributed by atoms with Crippen molar-refractivity contribution in [3.05, 3.63) is 114 Å². The van der Waals surface area contributed by atoms with E-state index in [0.29, 0.717) is 0 Å². The van der Waals surface area contributed by atoms with E-state index in [1.54, 1.807) is 0 Å². The number of benzene rings is 1. The van der Waals surface area contributed by atoms with Crippen molar-refractivity contribution in [2.45, 2.75) is 26.3 Å². The maximum Gasteiger partial charge on any atom is 0.137 e. The van der Waals surface area contributed by atoms with Gasteiger partial charge in [0.15, 0.2) is 0 Å². The summed E-state index contributed by atoms with van der Waals surface area (Å²) < 4.78 is 2.31. The van der Waals surface area contributed by atoms with Gasteiger partial charge < -0.3 is 9.30 Å². The van der Waals surface area contributed by atoms with Crippen LogP contribution >= 0.6 is 0 Å². The third-order valence-electron chi connectivity index (χ3n) is 7.49. The number of nitrogens with zero attached hydrogens (tertiary/aromatic N) is 5. The molecular weight excluding hydrogens is 454 g/mol. The van der Waals surface area contributed by atoms with Crippen molar-refractivity contribution in [2.75, 3.05) is 26.2 Å². The van der Waals surface area contributed by atoms with Crippen molar-refractivity contribution in [2.24, 2.45) is 0 Å². The standard InChI is InChI=1S/C32H33N5/c1-24-10-12-27(13-11-24)32-30(37-22-29(14-15-31(37)34-32)26-7-4-3-5-8-26)23-35-17-19-36(20-18-35)25(2)28-9-6-16-33-21-28/h4,6-16,21-22H,2-3,5,17-20,23H2,1H3. The lowest BCUT2D eigenvalue weighted by molar-refractivity contribution is 0.167. The molecule has 5 nitrogen and oxygen atoms in total. The molecule has 0 radical (unpaired) electrons. The number of aromatic nitrogens is 3. The number of fused-ring (bicyclic) bond motifs is 1. The summed E-state index contributed by atoms with van der Waals surface area (Å²) in [4.78, 5) is 14.3. The highest BCUT2D eigenvalue weighted by Gasteiger charge is 2.23. The number of allylic oxidation sites excluding steroid dienone is 4. The number of aryl methyl sites for hydroxylation is 1. The van der Waals surface area contributed by atoms with Gasteiger partial charge in [-0.1, -0.05) is 54.6 Å². The van der Waals surface area contributed by atoms with Gasteiger partial charge in [0, 0.05) is 68.1 Å². The minimum absolute atomic E-state index is 0.857. The van der Waals surface area contributed by atoms with Gasteiger partial charge in [-0.25, -0.2) is 4.98 Å². The SMILES string of the molecule is C=C(c1cccnc1)N1CCN(Cc2c(-c3ccc(C)cc3)nc3ccc(C4=CCCC=C4)cn23)CC1. The lowest BCUT2D eigenvalue weighted by Gasteiger charge is -2.37. The largest absolute Gasteiger partial charge is 0.369 e. The van der Waals surface area contributed by atoms with Gasteiger partial charge in [0.2, 0.25) is 0 Å². The number of rotatable bonds is 6. The van der Waals surface area contributed by atoms with Gasteiger partial charge in [0.05, 0.1) is 11.4 Å². The predicted octanol–water partition coefficient (Wildman–Crippen LogP) is 6.23. The zero-order chi connectivity index (χ0) is 25.2. The van der Waals surface area contributed by atoms with Gasteiger partial charge in [-0.15, -0.1) is 0 Å². The molecule has 1 aromatic carbocycles. The van der Waals surface area contributed by atoms with Crippen LogP contribution in [0.5, 0.6) is 0 Å². The van der Waals surface area contributed by atoms with E-state index in [-0.39, 0.29) is 0 Å². The molecule has 5 heteroatoms. The maximum absolute atomic E-state index is 5.11. The van der Waals surface area contributed by atoms with Crippen LogP contribution in [0, 0.1) is 6.92 Å². The van der Waals surface area contributed by atoms with Gasteiger partial charge in [-0.2, -0.15) is 0 Å². The molecule has 0 amide bonds. The van der Waals surface area contributed by atoms with Crippen molar-refractivity contribution in [3.8, 4) is 11.3 Å². The molecule has 0 atom stereocenters. The molecule has 1 aliphatic heterocycles. The molecule has 1 aliphatic carbocycles. The minimum atomic E-state index is 0.857. The Morgan fingerprint density at radius 3 is 2.49 bits per heavy atom. The summed E-state index contributed by atoms with van der Waals surface area (Å²) in [7, 11) is 0. The highest BCUT2D eigenvalue weighted by Crippen LogP contribution is 2.29. The van der Waals surface area contributed by atoms with Gasteiger partial charge in [-0.05, 0) is 55.2 Å². The second kappa shape index (κ2) is 10.2. The fourth-order valence-electron chi connectivity index (χ4n) is 5.29. The molecule has 4 aromatic rings. The fourth-order valence-corrected chi connectivity index (χ4v) is 5.29. The van der Waals surface area contributed by atoms with Crippen molar-refractivity contribution < 1.29 is 0 Å². The zero-order valence-electron chi connectivity index (χ0n) is 21.5. The van der Waals surface area contributed by atoms with Crippen LogP contribution in [-0.2, 0) is 6.54 Å². The van der Waals surface area contributed by atoms with Crippen LogP contribution in [0.25, 0.3) is 28.2 Å². The Balaban J connectivity index is 1.29. The molecule has 0 spiro atoms. The van der Waals surface area contributed by atoms with Crippen LogP contribution in [0.15, 0.2) is 91.9 Å². The average Bonchev–Trinajstić information content (AvgIpc) is 3.32. The Kier molecular flexibility index (Phi) is 6.46. The summed E-state index contributed by atoms with van der Waals surface area (Å²) in [6, 6.07) is 17.2. The lowest BCUT2D eigenvalue weighted by atomic mass is 10.0. The number of hydrogen-bond donors (Lipinski definition) is 0. The molecule has 0 saturated carbocycles. The molecule has 0 N–H and O–H groups in total. The number of piperazine rings is 1. The molecule has 3 aromatic heterocycles. The van der Waals surface area contributed by atoms with E-state index in [0.717, 1.165) is 68.2 Å². The van der Waals surface area contributed by atoms with E-state index in [2.05, 4.69) is 99.6 Å². The topological polar surface area (TPSA) is 36.7 Å². The van der Waals surface area contributed by atoms with E-state index >= 15 is 0 Å². The number of imidazole rings is 1. The zero-order valence-corrected chi connectivity index (χ0v) is 21.5. The fraction of sp³-hybridized carbons (Fsp3) is 0.250. The van der Waals surface area contributed by atoms with Crippen LogP contribution in [0.1, 0.15) is 35.2 Å². The van der Waals surface area contributed by atoms with E-state index in [1.165, 1.54) is 28.0 Å². The van der Waals surface area contributed by atoms with Gasteiger partial charge >= 0.3 is 0 Å². The van der Waals surface area contributed by atoms with Crippen molar-refractivity contribution in [3.63, 3.8) is 0 Å². The first-order valence-corrected chi connectivity index (χ1v) is 13.2. The average molecular weight is 488 g/mol. The predicted molar refractivity (Wildman–Crippen MR) is 152 cm³/mol. The van der Waals surface area contributed by atoms with Crippen molar-refractivity contribution in [1.29, 1.82) is 0 Å². The summed E-state index contributed by atoms with van der Waals surface area (Å²) >= 11 is 0. The van der Waals surface area contributed by atoms with Crippen molar-refractivity contribution >= 4 is 16.9 Å². The highest BCUT2D eigenvalue weighted by atomic mass is 15.3.